The van der Waals surface area contributed by atoms with Crippen LogP contribution in [0.15, 0.2) is 16.9 Å². The molecule has 0 spiro atoms. The zero-order valence-electron chi connectivity index (χ0n) is 11.4. The molecule has 0 bridgehead atoms. The maximum Gasteiger partial charge on any atom is 0.140 e. The maximum atomic E-state index is 5.36. The van der Waals surface area contributed by atoms with Crippen LogP contribution in [0.1, 0.15) is 43.0 Å². The fraction of sp³-hybridized carbons (Fsp3) is 0.615. The second-order valence-electron chi connectivity index (χ2n) is 5.16. The van der Waals surface area contributed by atoms with Crippen molar-refractivity contribution in [1.82, 2.24) is 24.8 Å². The molecule has 2 aromatic rings. The summed E-state index contributed by atoms with van der Waals surface area (Å²) < 4.78 is 7.27. The molecule has 1 aliphatic rings. The largest absolute Gasteiger partial charge is 0.361 e. The van der Waals surface area contributed by atoms with E-state index in [2.05, 4.69) is 40.2 Å². The van der Waals surface area contributed by atoms with Gasteiger partial charge in [0, 0.05) is 25.1 Å². The molecule has 0 aliphatic heterocycles. The third-order valence-corrected chi connectivity index (χ3v) is 3.40. The summed E-state index contributed by atoms with van der Waals surface area (Å²) in [6.07, 6.45) is 4.09. The highest BCUT2D eigenvalue weighted by molar-refractivity contribution is 5.14. The minimum absolute atomic E-state index is 0.620. The maximum absolute atomic E-state index is 5.36. The Kier molecular flexibility index (Phi) is 3.33. The SMILES string of the molecule is CCn1ncnc1CN(C)Cc1cc(C2CC2)on1. The first kappa shape index (κ1) is 12.3. The topological polar surface area (TPSA) is 60.0 Å². The molecule has 1 saturated carbocycles. The van der Waals surface area contributed by atoms with Crippen molar-refractivity contribution in [2.24, 2.45) is 0 Å². The van der Waals surface area contributed by atoms with Gasteiger partial charge in [-0.3, -0.25) is 4.90 Å². The Labute approximate surface area is 112 Å². The Balaban J connectivity index is 1.59. The second-order valence-corrected chi connectivity index (χ2v) is 5.16. The lowest BCUT2D eigenvalue weighted by Gasteiger charge is -2.14. The van der Waals surface area contributed by atoms with Gasteiger partial charge in [0.2, 0.25) is 0 Å². The van der Waals surface area contributed by atoms with Crippen molar-refractivity contribution in [3.05, 3.63) is 29.7 Å². The fourth-order valence-electron chi connectivity index (χ4n) is 2.21. The molecule has 0 aromatic carbocycles. The number of rotatable bonds is 6. The van der Waals surface area contributed by atoms with Gasteiger partial charge in [-0.05, 0) is 26.8 Å². The summed E-state index contributed by atoms with van der Waals surface area (Å²) in [5.41, 5.74) is 0.993. The summed E-state index contributed by atoms with van der Waals surface area (Å²) in [5, 5.41) is 8.30. The summed E-state index contributed by atoms with van der Waals surface area (Å²) in [6, 6.07) is 2.08. The van der Waals surface area contributed by atoms with Crippen molar-refractivity contribution >= 4 is 0 Å². The van der Waals surface area contributed by atoms with Crippen LogP contribution in [-0.4, -0.2) is 31.9 Å². The van der Waals surface area contributed by atoms with Crippen LogP contribution in [0.3, 0.4) is 0 Å². The first-order valence-electron chi connectivity index (χ1n) is 6.77. The summed E-state index contributed by atoms with van der Waals surface area (Å²) in [4.78, 5) is 6.45. The molecule has 2 aromatic heterocycles. The molecular formula is C13H19N5O. The van der Waals surface area contributed by atoms with Gasteiger partial charge < -0.3 is 4.52 Å². The van der Waals surface area contributed by atoms with E-state index in [-0.39, 0.29) is 0 Å². The van der Waals surface area contributed by atoms with Crippen molar-refractivity contribution in [2.45, 2.75) is 45.3 Å². The molecule has 0 unspecified atom stereocenters. The third kappa shape index (κ3) is 2.84. The Morgan fingerprint density at radius 3 is 3.00 bits per heavy atom. The lowest BCUT2D eigenvalue weighted by molar-refractivity contribution is 0.288. The van der Waals surface area contributed by atoms with Crippen LogP contribution < -0.4 is 0 Å². The molecule has 1 fully saturated rings. The van der Waals surface area contributed by atoms with Gasteiger partial charge in [0.1, 0.15) is 17.9 Å². The van der Waals surface area contributed by atoms with Gasteiger partial charge in [0.15, 0.2) is 0 Å². The van der Waals surface area contributed by atoms with Crippen LogP contribution in [0.4, 0.5) is 0 Å². The zero-order valence-corrected chi connectivity index (χ0v) is 11.4. The van der Waals surface area contributed by atoms with Gasteiger partial charge in [0.25, 0.3) is 0 Å². The van der Waals surface area contributed by atoms with Gasteiger partial charge in [-0.1, -0.05) is 5.16 Å². The molecule has 3 rings (SSSR count). The molecule has 19 heavy (non-hydrogen) atoms. The molecule has 0 amide bonds. The molecular weight excluding hydrogens is 242 g/mol. The highest BCUT2D eigenvalue weighted by Gasteiger charge is 2.27. The van der Waals surface area contributed by atoms with E-state index >= 15 is 0 Å². The van der Waals surface area contributed by atoms with Crippen LogP contribution in [0.5, 0.6) is 0 Å². The van der Waals surface area contributed by atoms with Crippen molar-refractivity contribution in [3.8, 4) is 0 Å². The second kappa shape index (κ2) is 5.13. The number of aromatic nitrogens is 4. The molecule has 0 radical (unpaired) electrons. The van der Waals surface area contributed by atoms with E-state index in [0.29, 0.717) is 5.92 Å². The standard InChI is InChI=1S/C13H19N5O/c1-3-18-13(14-9-15-18)8-17(2)7-11-6-12(19-16-11)10-4-5-10/h6,9-10H,3-5,7-8H2,1-2H3. The highest BCUT2D eigenvalue weighted by Crippen LogP contribution is 2.40. The summed E-state index contributed by atoms with van der Waals surface area (Å²) in [5.74, 6) is 2.64. The van der Waals surface area contributed by atoms with Gasteiger partial charge >= 0.3 is 0 Å². The minimum Gasteiger partial charge on any atom is -0.361 e. The lowest BCUT2D eigenvalue weighted by atomic mass is 10.3. The first-order chi connectivity index (χ1) is 9.26. The summed E-state index contributed by atoms with van der Waals surface area (Å²) in [6.45, 7) is 4.45. The molecule has 1 aliphatic carbocycles. The van der Waals surface area contributed by atoms with Crippen molar-refractivity contribution in [3.63, 3.8) is 0 Å². The fourth-order valence-corrected chi connectivity index (χ4v) is 2.21. The molecule has 0 N–H and O–H groups in total. The van der Waals surface area contributed by atoms with E-state index in [0.717, 1.165) is 36.9 Å². The smallest absolute Gasteiger partial charge is 0.140 e. The van der Waals surface area contributed by atoms with Crippen LogP contribution in [0, 0.1) is 0 Å². The Bertz CT molecular complexity index is 543. The van der Waals surface area contributed by atoms with Crippen molar-refractivity contribution < 1.29 is 4.52 Å². The normalized spacial score (nSPS) is 15.3. The number of nitrogens with zero attached hydrogens (tertiary/aromatic N) is 5. The van der Waals surface area contributed by atoms with E-state index in [1.807, 2.05) is 4.68 Å². The van der Waals surface area contributed by atoms with E-state index in [1.165, 1.54) is 12.8 Å². The van der Waals surface area contributed by atoms with Crippen LogP contribution in [0.2, 0.25) is 0 Å². The van der Waals surface area contributed by atoms with Crippen molar-refractivity contribution in [2.75, 3.05) is 7.05 Å². The van der Waals surface area contributed by atoms with Crippen LogP contribution >= 0.6 is 0 Å². The van der Waals surface area contributed by atoms with E-state index in [4.69, 9.17) is 4.52 Å². The molecule has 102 valence electrons. The van der Waals surface area contributed by atoms with E-state index in [1.54, 1.807) is 6.33 Å². The minimum atomic E-state index is 0.620. The molecule has 6 nitrogen and oxygen atoms in total. The van der Waals surface area contributed by atoms with Gasteiger partial charge in [-0.15, -0.1) is 0 Å². The zero-order chi connectivity index (χ0) is 13.2. The average molecular weight is 261 g/mol. The third-order valence-electron chi connectivity index (χ3n) is 3.40. The summed E-state index contributed by atoms with van der Waals surface area (Å²) in [7, 11) is 2.06. The Hall–Kier alpha value is -1.69. The average Bonchev–Trinajstić information content (AvgIpc) is 2.98. The number of aryl methyl sites for hydroxylation is 1. The van der Waals surface area contributed by atoms with Gasteiger partial charge in [-0.25, -0.2) is 9.67 Å². The van der Waals surface area contributed by atoms with Crippen molar-refractivity contribution in [1.29, 1.82) is 0 Å². The van der Waals surface area contributed by atoms with Crippen LogP contribution in [-0.2, 0) is 19.6 Å². The molecule has 6 heteroatoms. The predicted molar refractivity (Wildman–Crippen MR) is 69.3 cm³/mol. The Morgan fingerprint density at radius 1 is 1.42 bits per heavy atom. The molecule has 2 heterocycles. The number of hydrogen-bond donors (Lipinski definition) is 0. The summed E-state index contributed by atoms with van der Waals surface area (Å²) >= 11 is 0. The lowest BCUT2D eigenvalue weighted by Crippen LogP contribution is -2.20. The number of hydrogen-bond acceptors (Lipinski definition) is 5. The van der Waals surface area contributed by atoms with Crippen LogP contribution in [0.25, 0.3) is 0 Å². The quantitative estimate of drug-likeness (QED) is 0.793. The Morgan fingerprint density at radius 2 is 2.26 bits per heavy atom. The van der Waals surface area contributed by atoms with Gasteiger partial charge in [0.05, 0.1) is 12.2 Å². The van der Waals surface area contributed by atoms with Gasteiger partial charge in [-0.2, -0.15) is 5.10 Å². The van der Waals surface area contributed by atoms with E-state index in [9.17, 15) is 0 Å². The predicted octanol–water partition coefficient (Wildman–Crippen LogP) is 1.80. The molecule has 0 saturated heterocycles. The monoisotopic (exact) mass is 261 g/mol. The highest BCUT2D eigenvalue weighted by atomic mass is 16.5. The first-order valence-corrected chi connectivity index (χ1v) is 6.77. The molecule has 0 atom stereocenters. The van der Waals surface area contributed by atoms with E-state index < -0.39 is 0 Å².